The zero-order valence-electron chi connectivity index (χ0n) is 16.0. The Labute approximate surface area is 175 Å². The van der Waals surface area contributed by atoms with E-state index in [4.69, 9.17) is 4.42 Å². The van der Waals surface area contributed by atoms with E-state index in [1.54, 1.807) is 43.4 Å². The quantitative estimate of drug-likeness (QED) is 0.490. The lowest BCUT2D eigenvalue weighted by Crippen LogP contribution is -2.18. The highest BCUT2D eigenvalue weighted by Gasteiger charge is 2.24. The van der Waals surface area contributed by atoms with Gasteiger partial charge in [-0.25, -0.2) is 13.2 Å². The molecule has 0 saturated heterocycles. The molecular formula is C20H17N3O5S2. The van der Waals surface area contributed by atoms with Crippen molar-refractivity contribution in [1.82, 2.24) is 4.57 Å². The number of nitrogens with zero attached hydrogens (tertiary/aromatic N) is 1. The first-order valence-corrected chi connectivity index (χ1v) is 11.2. The lowest BCUT2D eigenvalue weighted by Gasteiger charge is -2.10. The molecule has 0 spiro atoms. The van der Waals surface area contributed by atoms with Gasteiger partial charge < -0.3 is 9.73 Å². The number of hydrogen-bond donors (Lipinski definition) is 2. The monoisotopic (exact) mass is 443 g/mol. The Balaban J connectivity index is 1.59. The van der Waals surface area contributed by atoms with Gasteiger partial charge in [-0.1, -0.05) is 17.7 Å². The Kier molecular flexibility index (Phi) is 4.96. The van der Waals surface area contributed by atoms with Crippen LogP contribution in [-0.4, -0.2) is 18.9 Å². The Bertz CT molecular complexity index is 1410. The van der Waals surface area contributed by atoms with Gasteiger partial charge >= 0.3 is 5.76 Å². The molecule has 0 bridgehead atoms. The van der Waals surface area contributed by atoms with Crippen LogP contribution in [0.2, 0.25) is 0 Å². The average molecular weight is 444 g/mol. The van der Waals surface area contributed by atoms with Crippen molar-refractivity contribution in [3.8, 4) is 0 Å². The smallest absolute Gasteiger partial charge is 0.408 e. The van der Waals surface area contributed by atoms with Crippen molar-refractivity contribution in [2.75, 3.05) is 10.0 Å². The molecule has 0 saturated carbocycles. The summed E-state index contributed by atoms with van der Waals surface area (Å²) in [6, 6.07) is 13.0. The minimum absolute atomic E-state index is 0.0456. The third-order valence-corrected chi connectivity index (χ3v) is 6.94. The molecule has 154 valence electrons. The van der Waals surface area contributed by atoms with E-state index in [0.717, 1.165) is 16.9 Å². The molecule has 4 rings (SSSR count). The molecule has 30 heavy (non-hydrogen) atoms. The largest absolute Gasteiger partial charge is 0.419 e. The molecule has 4 aromatic rings. The highest BCUT2D eigenvalue weighted by molar-refractivity contribution is 7.93. The third-order valence-electron chi connectivity index (χ3n) is 4.48. The van der Waals surface area contributed by atoms with Crippen molar-refractivity contribution in [3.05, 3.63) is 74.9 Å². The lowest BCUT2D eigenvalue weighted by molar-refractivity contribution is 0.102. The van der Waals surface area contributed by atoms with Gasteiger partial charge in [0.25, 0.3) is 15.9 Å². The molecular weight excluding hydrogens is 426 g/mol. The lowest BCUT2D eigenvalue weighted by atomic mass is 10.2. The van der Waals surface area contributed by atoms with E-state index in [1.807, 2.05) is 6.92 Å². The van der Waals surface area contributed by atoms with E-state index in [-0.39, 0.29) is 9.77 Å². The van der Waals surface area contributed by atoms with Crippen LogP contribution < -0.4 is 15.8 Å². The minimum atomic E-state index is -3.95. The van der Waals surface area contributed by atoms with E-state index in [1.165, 1.54) is 22.1 Å². The van der Waals surface area contributed by atoms with Crippen molar-refractivity contribution in [2.24, 2.45) is 7.05 Å². The second-order valence-corrected chi connectivity index (χ2v) is 9.22. The van der Waals surface area contributed by atoms with E-state index in [2.05, 4.69) is 10.0 Å². The second kappa shape index (κ2) is 7.47. The van der Waals surface area contributed by atoms with Gasteiger partial charge in [-0.05, 0) is 42.6 Å². The highest BCUT2D eigenvalue weighted by atomic mass is 32.2. The summed E-state index contributed by atoms with van der Waals surface area (Å²) in [5.74, 6) is -1.09. The van der Waals surface area contributed by atoms with Crippen molar-refractivity contribution in [1.29, 1.82) is 0 Å². The molecule has 2 aromatic carbocycles. The number of fused-ring (bicyclic) bond motifs is 1. The van der Waals surface area contributed by atoms with Gasteiger partial charge in [-0.15, -0.1) is 11.3 Å². The van der Waals surface area contributed by atoms with E-state index < -0.39 is 21.7 Å². The number of aryl methyl sites for hydroxylation is 2. The second-order valence-electron chi connectivity index (χ2n) is 6.65. The molecule has 2 heterocycles. The van der Waals surface area contributed by atoms with Crippen LogP contribution in [-0.2, 0) is 17.1 Å². The van der Waals surface area contributed by atoms with Gasteiger partial charge in [0.15, 0.2) is 5.58 Å². The van der Waals surface area contributed by atoms with Crippen LogP contribution >= 0.6 is 11.3 Å². The minimum Gasteiger partial charge on any atom is -0.408 e. The van der Waals surface area contributed by atoms with Crippen molar-refractivity contribution < 1.29 is 17.6 Å². The summed E-state index contributed by atoms with van der Waals surface area (Å²) in [4.78, 5) is 24.3. The SMILES string of the molecule is Cc1ccc(NS(=O)(=O)c2ccsc2C(=O)Nc2ccc3c(c2)oc(=O)n3C)cc1. The summed E-state index contributed by atoms with van der Waals surface area (Å²) in [6.07, 6.45) is 0. The molecule has 1 amide bonds. The van der Waals surface area contributed by atoms with Gasteiger partial charge in [-0.2, -0.15) is 0 Å². The average Bonchev–Trinajstić information content (AvgIpc) is 3.30. The topological polar surface area (TPSA) is 110 Å². The molecule has 0 radical (unpaired) electrons. The number of sulfonamides is 1. The van der Waals surface area contributed by atoms with Crippen LogP contribution in [0, 0.1) is 6.92 Å². The summed E-state index contributed by atoms with van der Waals surface area (Å²) in [5.41, 5.74) is 2.69. The molecule has 2 aromatic heterocycles. The number of carbonyl (C=O) groups is 1. The summed E-state index contributed by atoms with van der Waals surface area (Å²) >= 11 is 1.02. The van der Waals surface area contributed by atoms with Crippen LogP contribution in [0.3, 0.4) is 0 Å². The van der Waals surface area contributed by atoms with Gasteiger partial charge in [0.05, 0.1) is 5.52 Å². The third kappa shape index (κ3) is 3.74. The number of anilines is 2. The number of thiophene rings is 1. The van der Waals surface area contributed by atoms with E-state index >= 15 is 0 Å². The number of benzene rings is 2. The zero-order valence-corrected chi connectivity index (χ0v) is 17.6. The summed E-state index contributed by atoms with van der Waals surface area (Å²) < 4.78 is 34.6. The van der Waals surface area contributed by atoms with Gasteiger partial charge in [0, 0.05) is 24.5 Å². The van der Waals surface area contributed by atoms with Crippen LogP contribution in [0.1, 0.15) is 15.2 Å². The Hall–Kier alpha value is -3.37. The summed E-state index contributed by atoms with van der Waals surface area (Å²) in [5, 5.41) is 4.20. The van der Waals surface area contributed by atoms with Crippen molar-refractivity contribution in [2.45, 2.75) is 11.8 Å². The van der Waals surface area contributed by atoms with Gasteiger partial charge in [0.1, 0.15) is 9.77 Å². The predicted molar refractivity (Wildman–Crippen MR) is 116 cm³/mol. The Morgan fingerprint density at radius 1 is 1.07 bits per heavy atom. The van der Waals surface area contributed by atoms with Gasteiger partial charge in [-0.3, -0.25) is 14.1 Å². The Morgan fingerprint density at radius 2 is 1.77 bits per heavy atom. The maximum atomic E-state index is 12.8. The molecule has 10 heteroatoms. The number of aromatic nitrogens is 1. The molecule has 0 atom stereocenters. The highest BCUT2D eigenvalue weighted by Crippen LogP contribution is 2.26. The predicted octanol–water partition coefficient (Wildman–Crippen LogP) is 3.55. The van der Waals surface area contributed by atoms with Crippen LogP contribution in [0.15, 0.2) is 68.0 Å². The van der Waals surface area contributed by atoms with Crippen LogP contribution in [0.5, 0.6) is 0 Å². The van der Waals surface area contributed by atoms with E-state index in [0.29, 0.717) is 22.5 Å². The first-order valence-electron chi connectivity index (χ1n) is 8.82. The maximum absolute atomic E-state index is 12.8. The standard InChI is InChI=1S/C20H17N3O5S2/c1-12-3-5-13(6-4-12)22-30(26,27)17-9-10-29-18(17)19(24)21-14-7-8-15-16(11-14)28-20(25)23(15)2/h3-11,22H,1-2H3,(H,21,24). The molecule has 0 aliphatic carbocycles. The summed E-state index contributed by atoms with van der Waals surface area (Å²) in [6.45, 7) is 1.90. The van der Waals surface area contributed by atoms with Gasteiger partial charge in [0.2, 0.25) is 0 Å². The number of amides is 1. The first-order chi connectivity index (χ1) is 14.2. The number of oxazole rings is 1. The van der Waals surface area contributed by atoms with E-state index in [9.17, 15) is 18.0 Å². The maximum Gasteiger partial charge on any atom is 0.419 e. The molecule has 2 N–H and O–H groups in total. The normalized spacial score (nSPS) is 11.5. The number of hydrogen-bond acceptors (Lipinski definition) is 6. The zero-order chi connectivity index (χ0) is 21.5. The van der Waals surface area contributed by atoms with Crippen molar-refractivity contribution in [3.63, 3.8) is 0 Å². The fraction of sp³-hybridized carbons (Fsp3) is 0.100. The van der Waals surface area contributed by atoms with Crippen molar-refractivity contribution >= 4 is 49.7 Å². The fourth-order valence-electron chi connectivity index (χ4n) is 2.91. The molecule has 0 fully saturated rings. The molecule has 8 nitrogen and oxygen atoms in total. The van der Waals surface area contributed by atoms with Crippen LogP contribution in [0.4, 0.5) is 11.4 Å². The molecule has 0 aliphatic heterocycles. The number of nitrogens with one attached hydrogen (secondary N) is 2. The number of rotatable bonds is 5. The first kappa shape index (κ1) is 19.9. The molecule has 0 aliphatic rings. The Morgan fingerprint density at radius 3 is 2.50 bits per heavy atom. The molecule has 0 unspecified atom stereocenters. The summed E-state index contributed by atoms with van der Waals surface area (Å²) in [7, 11) is -2.37. The number of carbonyl (C=O) groups excluding carboxylic acids is 1. The van der Waals surface area contributed by atoms with Crippen LogP contribution in [0.25, 0.3) is 11.1 Å². The fourth-order valence-corrected chi connectivity index (χ4v) is 5.29.